The molecule has 2 saturated carbocycles. The molecule has 2 aliphatic carbocycles. The van der Waals surface area contributed by atoms with Gasteiger partial charge in [-0.1, -0.05) is 56.7 Å². The molecule has 0 aromatic heterocycles. The van der Waals surface area contributed by atoms with Crippen LogP contribution in [0.5, 0.6) is 11.5 Å². The van der Waals surface area contributed by atoms with E-state index in [1.54, 1.807) is 14.2 Å². The van der Waals surface area contributed by atoms with Crippen LogP contribution < -0.4 is 14.8 Å². The molecule has 7 heteroatoms. The summed E-state index contributed by atoms with van der Waals surface area (Å²) in [5.74, 6) is 0.551. The van der Waals surface area contributed by atoms with E-state index in [0.717, 1.165) is 57.1 Å². The predicted molar refractivity (Wildman–Crippen MR) is 136 cm³/mol. The van der Waals surface area contributed by atoms with Crippen molar-refractivity contribution in [3.8, 4) is 11.5 Å². The molecule has 0 spiro atoms. The minimum atomic E-state index is -3.67. The number of hydrogen-bond donors (Lipinski definition) is 1. The molecule has 4 rings (SSSR count). The first kappa shape index (κ1) is 25.1. The van der Waals surface area contributed by atoms with Crippen LogP contribution in [0.15, 0.2) is 48.5 Å². The van der Waals surface area contributed by atoms with E-state index in [1.807, 2.05) is 48.5 Å². The van der Waals surface area contributed by atoms with E-state index in [1.165, 1.54) is 12.8 Å². The van der Waals surface area contributed by atoms with Gasteiger partial charge in [-0.25, -0.2) is 0 Å². The molecule has 6 nitrogen and oxygen atoms in total. The third-order valence-electron chi connectivity index (χ3n) is 6.82. The molecule has 0 radical (unpaired) electrons. The highest BCUT2D eigenvalue weighted by Crippen LogP contribution is 2.65. The maximum atomic E-state index is 14.9. The predicted octanol–water partition coefficient (Wildman–Crippen LogP) is 7.71. The van der Waals surface area contributed by atoms with Gasteiger partial charge in [0.1, 0.15) is 11.5 Å². The van der Waals surface area contributed by atoms with Crippen LogP contribution in [0.2, 0.25) is 0 Å². The van der Waals surface area contributed by atoms with Gasteiger partial charge in [-0.3, -0.25) is 4.57 Å². The maximum Gasteiger partial charge on any atom is 0.357 e. The molecule has 186 valence electrons. The van der Waals surface area contributed by atoms with Crippen LogP contribution in [0.1, 0.15) is 75.6 Å². The second kappa shape index (κ2) is 12.1. The Bertz CT molecular complexity index is 917. The Morgan fingerprint density at radius 2 is 1.38 bits per heavy atom. The van der Waals surface area contributed by atoms with E-state index in [9.17, 15) is 4.57 Å². The molecular weight excluding hydrogens is 449 g/mol. The second-order valence-electron chi connectivity index (χ2n) is 9.29. The average molecular weight is 488 g/mol. The van der Waals surface area contributed by atoms with Gasteiger partial charge in [0.15, 0.2) is 5.78 Å². The summed E-state index contributed by atoms with van der Waals surface area (Å²) < 4.78 is 39.2. The van der Waals surface area contributed by atoms with Crippen LogP contribution in [0.4, 0.5) is 5.69 Å². The monoisotopic (exact) mass is 487 g/mol. The van der Waals surface area contributed by atoms with Crippen molar-refractivity contribution in [2.24, 2.45) is 0 Å². The SMILES string of the molecule is COc1ccc(OC)c([C@H](Nc2ccccc2)P(=O)(OC2CCCCC2)OC2CCCCC2)c1. The van der Waals surface area contributed by atoms with Gasteiger partial charge in [0.05, 0.1) is 26.4 Å². The fourth-order valence-corrected chi connectivity index (χ4v) is 7.37. The number of ether oxygens (including phenoxy) is 2. The molecule has 2 fully saturated rings. The van der Waals surface area contributed by atoms with Gasteiger partial charge in [-0.15, -0.1) is 0 Å². The normalized spacial score (nSPS) is 18.9. The van der Waals surface area contributed by atoms with Gasteiger partial charge in [0, 0.05) is 11.3 Å². The Morgan fingerprint density at radius 1 is 0.794 bits per heavy atom. The first-order valence-electron chi connectivity index (χ1n) is 12.6. The van der Waals surface area contributed by atoms with Crippen molar-refractivity contribution in [3.63, 3.8) is 0 Å². The number of nitrogens with one attached hydrogen (secondary N) is 1. The van der Waals surface area contributed by atoms with Crippen LogP contribution in [0.3, 0.4) is 0 Å². The van der Waals surface area contributed by atoms with E-state index in [-0.39, 0.29) is 12.2 Å². The smallest absolute Gasteiger partial charge is 0.357 e. The van der Waals surface area contributed by atoms with Gasteiger partial charge in [0.25, 0.3) is 0 Å². The Hall–Kier alpha value is -2.01. The molecule has 2 aliphatic rings. The summed E-state index contributed by atoms with van der Waals surface area (Å²) in [4.78, 5) is 0. The van der Waals surface area contributed by atoms with E-state index in [2.05, 4.69) is 5.32 Å². The molecule has 0 aliphatic heterocycles. The standard InChI is InChI=1S/C27H38NO5P/c1-30-24-18-19-26(31-2)25(20-24)27(28-21-12-6-3-7-13-21)34(29,32-22-14-8-4-9-15-22)33-23-16-10-5-11-17-23/h3,6-7,12-13,18-20,22-23,27-28H,4-5,8-11,14-17H2,1-2H3/t27-/m1/s1. The number of rotatable bonds is 10. The zero-order chi connectivity index (χ0) is 23.8. The Kier molecular flexibility index (Phi) is 8.93. The van der Waals surface area contributed by atoms with Crippen LogP contribution in [-0.4, -0.2) is 26.4 Å². The summed E-state index contributed by atoms with van der Waals surface area (Å²) >= 11 is 0. The molecule has 34 heavy (non-hydrogen) atoms. The van der Waals surface area contributed by atoms with Crippen molar-refractivity contribution >= 4 is 13.3 Å². The minimum Gasteiger partial charge on any atom is -0.497 e. The van der Waals surface area contributed by atoms with Gasteiger partial charge in [0.2, 0.25) is 0 Å². The van der Waals surface area contributed by atoms with Gasteiger partial charge in [-0.05, 0) is 56.0 Å². The molecular formula is C27H38NO5P. The lowest BCUT2D eigenvalue weighted by Gasteiger charge is -2.36. The first-order valence-corrected chi connectivity index (χ1v) is 14.2. The second-order valence-corrected chi connectivity index (χ2v) is 11.3. The molecule has 2 aromatic carbocycles. The lowest BCUT2D eigenvalue weighted by atomic mass is 9.98. The van der Waals surface area contributed by atoms with Crippen LogP contribution in [-0.2, 0) is 13.6 Å². The van der Waals surface area contributed by atoms with Crippen molar-refractivity contribution in [2.45, 2.75) is 82.2 Å². The number of para-hydroxylation sites is 1. The quantitative estimate of drug-likeness (QED) is 0.346. The van der Waals surface area contributed by atoms with Crippen LogP contribution >= 0.6 is 7.60 Å². The fourth-order valence-electron chi connectivity index (χ4n) is 4.98. The van der Waals surface area contributed by atoms with E-state index in [4.69, 9.17) is 18.5 Å². The molecule has 0 bridgehead atoms. The number of benzene rings is 2. The van der Waals surface area contributed by atoms with Crippen LogP contribution in [0, 0.1) is 0 Å². The Labute approximate surface area is 203 Å². The molecule has 1 N–H and O–H groups in total. The van der Waals surface area contributed by atoms with E-state index >= 15 is 0 Å². The maximum absolute atomic E-state index is 14.9. The summed E-state index contributed by atoms with van der Waals surface area (Å²) in [5, 5.41) is 3.49. The lowest BCUT2D eigenvalue weighted by Crippen LogP contribution is -2.25. The Morgan fingerprint density at radius 3 is 1.91 bits per heavy atom. The summed E-state index contributed by atoms with van der Waals surface area (Å²) in [7, 11) is -0.419. The number of anilines is 1. The van der Waals surface area contributed by atoms with Crippen molar-refractivity contribution in [2.75, 3.05) is 19.5 Å². The molecule has 1 atom stereocenters. The highest BCUT2D eigenvalue weighted by Gasteiger charge is 2.43. The van der Waals surface area contributed by atoms with Crippen molar-refractivity contribution in [1.29, 1.82) is 0 Å². The summed E-state index contributed by atoms with van der Waals surface area (Å²) in [6, 6.07) is 15.4. The van der Waals surface area contributed by atoms with Crippen LogP contribution in [0.25, 0.3) is 0 Å². The lowest BCUT2D eigenvalue weighted by molar-refractivity contribution is 0.0757. The fraction of sp³-hybridized carbons (Fsp3) is 0.556. The number of methoxy groups -OCH3 is 2. The first-order chi connectivity index (χ1) is 16.6. The van der Waals surface area contributed by atoms with E-state index in [0.29, 0.717) is 17.1 Å². The van der Waals surface area contributed by atoms with Crippen molar-refractivity contribution in [3.05, 3.63) is 54.1 Å². The van der Waals surface area contributed by atoms with Crippen molar-refractivity contribution < 1.29 is 23.1 Å². The zero-order valence-electron chi connectivity index (χ0n) is 20.4. The van der Waals surface area contributed by atoms with Crippen molar-refractivity contribution in [1.82, 2.24) is 0 Å². The third-order valence-corrected chi connectivity index (χ3v) is 9.04. The zero-order valence-corrected chi connectivity index (χ0v) is 21.3. The topological polar surface area (TPSA) is 66.0 Å². The third kappa shape index (κ3) is 6.35. The number of hydrogen-bond acceptors (Lipinski definition) is 6. The highest BCUT2D eigenvalue weighted by atomic mass is 31.2. The molecule has 0 amide bonds. The van der Waals surface area contributed by atoms with Gasteiger partial charge in [-0.2, -0.15) is 0 Å². The average Bonchev–Trinajstić information content (AvgIpc) is 2.88. The minimum absolute atomic E-state index is 0.0696. The molecule has 0 saturated heterocycles. The van der Waals surface area contributed by atoms with Gasteiger partial charge < -0.3 is 23.8 Å². The molecule has 0 heterocycles. The highest BCUT2D eigenvalue weighted by molar-refractivity contribution is 7.54. The Balaban J connectivity index is 1.76. The molecule has 2 aromatic rings. The summed E-state index contributed by atoms with van der Waals surface area (Å²) in [6.45, 7) is 0. The van der Waals surface area contributed by atoms with E-state index < -0.39 is 13.4 Å². The summed E-state index contributed by atoms with van der Waals surface area (Å²) in [6.07, 6.45) is 10.3. The van der Waals surface area contributed by atoms with Gasteiger partial charge >= 0.3 is 7.60 Å². The molecule has 0 unspecified atom stereocenters. The largest absolute Gasteiger partial charge is 0.497 e. The summed E-state index contributed by atoms with van der Waals surface area (Å²) in [5.41, 5.74) is 1.55.